The molecular formula is C10H20Cl2N2O. The van der Waals surface area contributed by atoms with Crippen molar-refractivity contribution >= 4 is 23.2 Å². The van der Waals surface area contributed by atoms with Crippen LogP contribution in [-0.2, 0) is 4.74 Å². The fourth-order valence-electron chi connectivity index (χ4n) is 1.68. The topological polar surface area (TPSA) is 15.7 Å². The zero-order valence-corrected chi connectivity index (χ0v) is 10.6. The first kappa shape index (κ1) is 13.5. The van der Waals surface area contributed by atoms with Gasteiger partial charge >= 0.3 is 0 Å². The van der Waals surface area contributed by atoms with Crippen LogP contribution in [-0.4, -0.2) is 74.0 Å². The van der Waals surface area contributed by atoms with E-state index in [4.69, 9.17) is 27.9 Å². The summed E-state index contributed by atoms with van der Waals surface area (Å²) in [6.45, 7) is 7.84. The molecule has 0 aliphatic carbocycles. The molecule has 90 valence electrons. The second-order valence-electron chi connectivity index (χ2n) is 3.67. The summed E-state index contributed by atoms with van der Waals surface area (Å²) in [5.41, 5.74) is 0. The van der Waals surface area contributed by atoms with Gasteiger partial charge < -0.3 is 4.74 Å². The highest BCUT2D eigenvalue weighted by molar-refractivity contribution is 6.18. The van der Waals surface area contributed by atoms with E-state index in [1.165, 1.54) is 0 Å². The number of morpholine rings is 1. The average molecular weight is 255 g/mol. The lowest BCUT2D eigenvalue weighted by atomic mass is 10.4. The first-order chi connectivity index (χ1) is 7.36. The van der Waals surface area contributed by atoms with E-state index in [9.17, 15) is 0 Å². The summed E-state index contributed by atoms with van der Waals surface area (Å²) in [6, 6.07) is 0. The molecule has 0 atom stereocenters. The summed E-state index contributed by atoms with van der Waals surface area (Å²) in [6.07, 6.45) is 0. The summed E-state index contributed by atoms with van der Waals surface area (Å²) in [4.78, 5) is 4.74. The third-order valence-corrected chi connectivity index (χ3v) is 2.98. The lowest BCUT2D eigenvalue weighted by molar-refractivity contribution is 0.0339. The first-order valence-corrected chi connectivity index (χ1v) is 6.58. The van der Waals surface area contributed by atoms with E-state index >= 15 is 0 Å². The van der Waals surface area contributed by atoms with Crippen molar-refractivity contribution in [2.45, 2.75) is 0 Å². The van der Waals surface area contributed by atoms with Crippen molar-refractivity contribution in [3.63, 3.8) is 0 Å². The van der Waals surface area contributed by atoms with Gasteiger partial charge in [0.2, 0.25) is 0 Å². The Hall–Kier alpha value is 0.460. The van der Waals surface area contributed by atoms with Crippen molar-refractivity contribution in [2.24, 2.45) is 0 Å². The third-order valence-electron chi connectivity index (χ3n) is 2.64. The lowest BCUT2D eigenvalue weighted by Crippen LogP contribution is -2.42. The molecule has 0 amide bonds. The minimum Gasteiger partial charge on any atom is -0.379 e. The van der Waals surface area contributed by atoms with Crippen LogP contribution in [0.15, 0.2) is 0 Å². The molecule has 1 rings (SSSR count). The summed E-state index contributed by atoms with van der Waals surface area (Å²) in [5, 5.41) is 0. The Balaban J connectivity index is 2.13. The van der Waals surface area contributed by atoms with Gasteiger partial charge in [0.15, 0.2) is 0 Å². The van der Waals surface area contributed by atoms with Gasteiger partial charge in [-0.3, -0.25) is 9.80 Å². The third kappa shape index (κ3) is 5.93. The zero-order valence-electron chi connectivity index (χ0n) is 9.13. The van der Waals surface area contributed by atoms with E-state index in [-0.39, 0.29) is 0 Å². The largest absolute Gasteiger partial charge is 0.379 e. The number of hydrogen-bond acceptors (Lipinski definition) is 3. The van der Waals surface area contributed by atoms with Gasteiger partial charge in [-0.2, -0.15) is 0 Å². The maximum atomic E-state index is 5.74. The molecule has 0 unspecified atom stereocenters. The minimum atomic E-state index is 0.681. The molecule has 1 saturated heterocycles. The molecule has 5 heteroatoms. The standard InChI is InChI=1S/C10H20Cl2N2O/c11-1-3-13(4-2-12)5-6-14-7-9-15-10-8-14/h1-10H2. The van der Waals surface area contributed by atoms with Crippen LogP contribution in [0.5, 0.6) is 0 Å². The van der Waals surface area contributed by atoms with Crippen molar-refractivity contribution in [2.75, 3.05) is 64.2 Å². The Morgan fingerprint density at radius 3 is 2.13 bits per heavy atom. The highest BCUT2D eigenvalue weighted by atomic mass is 35.5. The van der Waals surface area contributed by atoms with Crippen LogP contribution in [0.1, 0.15) is 0 Å². The van der Waals surface area contributed by atoms with Crippen LogP contribution in [0.2, 0.25) is 0 Å². The first-order valence-electron chi connectivity index (χ1n) is 5.51. The lowest BCUT2D eigenvalue weighted by Gasteiger charge is -2.29. The Labute approximate surface area is 102 Å². The van der Waals surface area contributed by atoms with Crippen molar-refractivity contribution in [3.05, 3.63) is 0 Å². The summed E-state index contributed by atoms with van der Waals surface area (Å²) in [5.74, 6) is 1.36. The van der Waals surface area contributed by atoms with Gasteiger partial charge in [0, 0.05) is 51.0 Å². The van der Waals surface area contributed by atoms with E-state index in [2.05, 4.69) is 9.80 Å². The van der Waals surface area contributed by atoms with Gasteiger partial charge in [0.05, 0.1) is 13.2 Å². The fraction of sp³-hybridized carbons (Fsp3) is 1.00. The average Bonchev–Trinajstić information content (AvgIpc) is 2.28. The van der Waals surface area contributed by atoms with Gasteiger partial charge in [-0.25, -0.2) is 0 Å². The zero-order chi connectivity index (χ0) is 10.9. The number of nitrogens with zero attached hydrogens (tertiary/aromatic N) is 2. The van der Waals surface area contributed by atoms with Gasteiger partial charge in [0.1, 0.15) is 0 Å². The molecule has 1 fully saturated rings. The molecule has 0 N–H and O–H groups in total. The molecule has 0 aromatic carbocycles. The quantitative estimate of drug-likeness (QED) is 0.633. The molecule has 0 spiro atoms. The van der Waals surface area contributed by atoms with E-state index in [1.807, 2.05) is 0 Å². The molecule has 1 heterocycles. The molecule has 3 nitrogen and oxygen atoms in total. The highest BCUT2D eigenvalue weighted by Gasteiger charge is 2.11. The molecule has 0 saturated carbocycles. The highest BCUT2D eigenvalue weighted by Crippen LogP contribution is 1.98. The van der Waals surface area contributed by atoms with Crippen LogP contribution >= 0.6 is 23.2 Å². The minimum absolute atomic E-state index is 0.681. The molecule has 0 radical (unpaired) electrons. The number of rotatable bonds is 7. The maximum absolute atomic E-state index is 5.74. The number of halogens is 2. The van der Waals surface area contributed by atoms with Crippen molar-refractivity contribution < 1.29 is 4.74 Å². The SMILES string of the molecule is ClCCN(CCCl)CCN1CCOCC1. The summed E-state index contributed by atoms with van der Waals surface area (Å²) in [7, 11) is 0. The molecule has 1 aliphatic heterocycles. The van der Waals surface area contributed by atoms with Gasteiger partial charge in [-0.05, 0) is 0 Å². The predicted molar refractivity (Wildman–Crippen MR) is 65.1 cm³/mol. The van der Waals surface area contributed by atoms with Gasteiger partial charge in [0.25, 0.3) is 0 Å². The van der Waals surface area contributed by atoms with Crippen LogP contribution in [0, 0.1) is 0 Å². The van der Waals surface area contributed by atoms with E-state index in [0.717, 1.165) is 52.5 Å². The maximum Gasteiger partial charge on any atom is 0.0594 e. The van der Waals surface area contributed by atoms with Crippen LogP contribution in [0.25, 0.3) is 0 Å². The number of alkyl halides is 2. The van der Waals surface area contributed by atoms with Crippen LogP contribution in [0.3, 0.4) is 0 Å². The molecule has 0 aromatic rings. The Kier molecular flexibility index (Phi) is 7.75. The fourth-order valence-corrected chi connectivity index (χ4v) is 2.16. The Morgan fingerprint density at radius 2 is 1.60 bits per heavy atom. The molecule has 15 heavy (non-hydrogen) atoms. The molecule has 0 bridgehead atoms. The molecule has 1 aliphatic rings. The smallest absolute Gasteiger partial charge is 0.0594 e. The Morgan fingerprint density at radius 1 is 1.00 bits per heavy atom. The van der Waals surface area contributed by atoms with Crippen LogP contribution in [0.4, 0.5) is 0 Å². The van der Waals surface area contributed by atoms with Crippen molar-refractivity contribution in [3.8, 4) is 0 Å². The van der Waals surface area contributed by atoms with Crippen molar-refractivity contribution in [1.82, 2.24) is 9.80 Å². The molecule has 0 aromatic heterocycles. The summed E-state index contributed by atoms with van der Waals surface area (Å²) < 4.78 is 5.30. The van der Waals surface area contributed by atoms with E-state index in [0.29, 0.717) is 11.8 Å². The number of ether oxygens (including phenoxy) is 1. The number of hydrogen-bond donors (Lipinski definition) is 0. The predicted octanol–water partition coefficient (Wildman–Crippen LogP) is 1.10. The van der Waals surface area contributed by atoms with E-state index in [1.54, 1.807) is 0 Å². The monoisotopic (exact) mass is 254 g/mol. The summed E-state index contributed by atoms with van der Waals surface area (Å²) >= 11 is 11.5. The Bertz CT molecular complexity index is 148. The second kappa shape index (κ2) is 8.59. The van der Waals surface area contributed by atoms with Crippen LogP contribution < -0.4 is 0 Å². The normalized spacial score (nSPS) is 18.6. The van der Waals surface area contributed by atoms with Gasteiger partial charge in [-0.15, -0.1) is 23.2 Å². The molecular weight excluding hydrogens is 235 g/mol. The van der Waals surface area contributed by atoms with E-state index < -0.39 is 0 Å². The second-order valence-corrected chi connectivity index (χ2v) is 4.43. The van der Waals surface area contributed by atoms with Gasteiger partial charge in [-0.1, -0.05) is 0 Å². The van der Waals surface area contributed by atoms with Crippen molar-refractivity contribution in [1.29, 1.82) is 0 Å².